The molecule has 1 aliphatic rings. The van der Waals surface area contributed by atoms with Gasteiger partial charge in [-0.05, 0) is 0 Å². The van der Waals surface area contributed by atoms with Gasteiger partial charge in [0.25, 0.3) is 0 Å². The molecule has 1 aromatic heterocycles. The molecule has 0 aromatic carbocycles. The summed E-state index contributed by atoms with van der Waals surface area (Å²) in [5, 5.41) is 8.81. The minimum Gasteiger partial charge on any atom is -0.394 e. The number of rotatable bonds is 4. The van der Waals surface area contributed by atoms with E-state index in [1.54, 1.807) is 0 Å². The van der Waals surface area contributed by atoms with Crippen LogP contribution in [0.15, 0.2) is 11.0 Å². The second kappa shape index (κ2) is 5.60. The molecule has 0 radical (unpaired) electrons. The molecule has 2 heterocycles. The molecule has 3 atom stereocenters. The average Bonchev–Trinajstić information content (AvgIpc) is 2.65. The highest BCUT2D eigenvalue weighted by Gasteiger charge is 2.60. The highest BCUT2D eigenvalue weighted by Crippen LogP contribution is 2.43. The Labute approximate surface area is 116 Å². The average molecular weight is 311 g/mol. The van der Waals surface area contributed by atoms with E-state index >= 15 is 0 Å². The Kier molecular flexibility index (Phi) is 4.19. The van der Waals surface area contributed by atoms with Crippen molar-refractivity contribution in [2.24, 2.45) is 0 Å². The maximum Gasteiger partial charge on any atom is 0.351 e. The standard InChI is InChI=1S/C11H13F4N3O3/c12-2-1-5-3-18(10(20)17-8(5)16)9-11(14,15)7(13)6(4-19)21-9/h3,6-7,9,19H,1-2,4H2,(H2,16,17,20). The number of aromatic nitrogens is 2. The van der Waals surface area contributed by atoms with Crippen LogP contribution in [-0.2, 0) is 11.2 Å². The van der Waals surface area contributed by atoms with Crippen LogP contribution in [0.2, 0.25) is 0 Å². The van der Waals surface area contributed by atoms with Crippen LogP contribution in [0.3, 0.4) is 0 Å². The second-order valence-electron chi connectivity index (χ2n) is 4.57. The zero-order valence-corrected chi connectivity index (χ0v) is 10.7. The summed E-state index contributed by atoms with van der Waals surface area (Å²) in [6, 6.07) is 0. The summed E-state index contributed by atoms with van der Waals surface area (Å²) in [5.74, 6) is -4.33. The van der Waals surface area contributed by atoms with E-state index in [0.717, 1.165) is 6.20 Å². The van der Waals surface area contributed by atoms with Gasteiger partial charge in [0.2, 0.25) is 6.23 Å². The number of anilines is 1. The van der Waals surface area contributed by atoms with Crippen LogP contribution in [0.1, 0.15) is 11.8 Å². The van der Waals surface area contributed by atoms with E-state index in [-0.39, 0.29) is 17.8 Å². The summed E-state index contributed by atoms with van der Waals surface area (Å²) in [7, 11) is 0. The first-order chi connectivity index (χ1) is 9.82. The van der Waals surface area contributed by atoms with Gasteiger partial charge >= 0.3 is 11.6 Å². The third kappa shape index (κ3) is 2.60. The molecule has 10 heteroatoms. The van der Waals surface area contributed by atoms with Gasteiger partial charge in [-0.15, -0.1) is 0 Å². The molecule has 2 rings (SSSR count). The molecule has 0 saturated carbocycles. The Morgan fingerprint density at radius 1 is 1.52 bits per heavy atom. The van der Waals surface area contributed by atoms with Gasteiger partial charge in [0.15, 0.2) is 6.17 Å². The number of halogens is 4. The van der Waals surface area contributed by atoms with Crippen molar-refractivity contribution >= 4 is 5.82 Å². The highest BCUT2D eigenvalue weighted by molar-refractivity contribution is 5.37. The molecule has 0 aliphatic carbocycles. The van der Waals surface area contributed by atoms with E-state index in [2.05, 4.69) is 4.98 Å². The fourth-order valence-corrected chi connectivity index (χ4v) is 2.08. The predicted octanol–water partition coefficient (Wildman–Crippen LogP) is 0.201. The third-order valence-electron chi connectivity index (χ3n) is 3.18. The monoisotopic (exact) mass is 311 g/mol. The maximum absolute atomic E-state index is 13.8. The van der Waals surface area contributed by atoms with Crippen molar-refractivity contribution in [2.45, 2.75) is 30.8 Å². The minimum absolute atomic E-state index is 0.0272. The third-order valence-corrected chi connectivity index (χ3v) is 3.18. The molecule has 0 amide bonds. The number of nitrogen functional groups attached to an aromatic ring is 1. The molecule has 0 spiro atoms. The smallest absolute Gasteiger partial charge is 0.351 e. The Morgan fingerprint density at radius 3 is 2.71 bits per heavy atom. The number of ether oxygens (including phenoxy) is 1. The summed E-state index contributed by atoms with van der Waals surface area (Å²) in [6.07, 6.45) is -6.18. The maximum atomic E-state index is 13.8. The van der Waals surface area contributed by atoms with Gasteiger partial charge in [0.1, 0.15) is 11.9 Å². The number of alkyl halides is 4. The zero-order chi connectivity index (χ0) is 15.8. The number of aryl methyl sites for hydroxylation is 1. The topological polar surface area (TPSA) is 90.4 Å². The summed E-state index contributed by atoms with van der Waals surface area (Å²) in [6.45, 7) is -1.81. The second-order valence-corrected chi connectivity index (χ2v) is 4.57. The first-order valence-corrected chi connectivity index (χ1v) is 6.04. The van der Waals surface area contributed by atoms with Gasteiger partial charge in [-0.25, -0.2) is 9.18 Å². The van der Waals surface area contributed by atoms with E-state index in [9.17, 15) is 22.4 Å². The van der Waals surface area contributed by atoms with Gasteiger partial charge in [-0.2, -0.15) is 13.8 Å². The first kappa shape index (κ1) is 15.7. The van der Waals surface area contributed by atoms with Crippen LogP contribution >= 0.6 is 0 Å². The van der Waals surface area contributed by atoms with Crippen molar-refractivity contribution in [3.05, 3.63) is 22.2 Å². The summed E-state index contributed by atoms with van der Waals surface area (Å²) in [5.41, 5.74) is 4.24. The number of nitrogens with two attached hydrogens (primary N) is 1. The van der Waals surface area contributed by atoms with Crippen molar-refractivity contribution < 1.29 is 27.4 Å². The number of aliphatic hydroxyl groups is 1. The lowest BCUT2D eigenvalue weighted by Crippen LogP contribution is -2.40. The predicted molar refractivity (Wildman–Crippen MR) is 63.4 cm³/mol. The normalized spacial score (nSPS) is 28.0. The Hall–Kier alpha value is -1.68. The Balaban J connectivity index is 2.46. The Morgan fingerprint density at radius 2 is 2.19 bits per heavy atom. The van der Waals surface area contributed by atoms with E-state index in [4.69, 9.17) is 15.6 Å². The number of hydrogen-bond donors (Lipinski definition) is 2. The Bertz CT molecular complexity index is 580. The van der Waals surface area contributed by atoms with Gasteiger partial charge in [0.05, 0.1) is 13.3 Å². The SMILES string of the molecule is Nc1nc(=O)n(C2OC(CO)C(F)C2(F)F)cc1CCF. The number of aliphatic hydroxyl groups excluding tert-OH is 1. The largest absolute Gasteiger partial charge is 0.394 e. The van der Waals surface area contributed by atoms with Crippen molar-refractivity contribution in [1.29, 1.82) is 0 Å². The molecule has 1 fully saturated rings. The lowest BCUT2D eigenvalue weighted by Gasteiger charge is -2.21. The highest BCUT2D eigenvalue weighted by atomic mass is 19.3. The van der Waals surface area contributed by atoms with Crippen LogP contribution in [0.25, 0.3) is 0 Å². The van der Waals surface area contributed by atoms with E-state index in [1.807, 2.05) is 0 Å². The van der Waals surface area contributed by atoms with Crippen molar-refractivity contribution in [3.63, 3.8) is 0 Å². The first-order valence-electron chi connectivity index (χ1n) is 6.04. The molecule has 3 unspecified atom stereocenters. The van der Waals surface area contributed by atoms with Gasteiger partial charge in [-0.1, -0.05) is 0 Å². The molecule has 21 heavy (non-hydrogen) atoms. The summed E-state index contributed by atoms with van der Waals surface area (Å²) in [4.78, 5) is 15.0. The van der Waals surface area contributed by atoms with Crippen LogP contribution in [0.5, 0.6) is 0 Å². The molecular weight excluding hydrogens is 298 g/mol. The van der Waals surface area contributed by atoms with Gasteiger partial charge < -0.3 is 15.6 Å². The van der Waals surface area contributed by atoms with Crippen molar-refractivity contribution in [1.82, 2.24) is 9.55 Å². The van der Waals surface area contributed by atoms with Crippen LogP contribution in [0, 0.1) is 0 Å². The molecule has 6 nitrogen and oxygen atoms in total. The molecule has 3 N–H and O–H groups in total. The molecule has 1 aliphatic heterocycles. The fourth-order valence-electron chi connectivity index (χ4n) is 2.08. The van der Waals surface area contributed by atoms with Gasteiger partial charge in [0, 0.05) is 18.2 Å². The van der Waals surface area contributed by atoms with Crippen LogP contribution < -0.4 is 11.4 Å². The lowest BCUT2D eigenvalue weighted by atomic mass is 10.1. The van der Waals surface area contributed by atoms with E-state index in [0.29, 0.717) is 4.57 Å². The summed E-state index contributed by atoms with van der Waals surface area (Å²) < 4.78 is 58.6. The van der Waals surface area contributed by atoms with Crippen LogP contribution in [-0.4, -0.2) is 46.1 Å². The molecule has 1 saturated heterocycles. The quantitative estimate of drug-likeness (QED) is 0.775. The van der Waals surface area contributed by atoms with Crippen LogP contribution in [0.4, 0.5) is 23.4 Å². The number of hydrogen-bond acceptors (Lipinski definition) is 5. The number of nitrogens with zero attached hydrogens (tertiary/aromatic N) is 2. The van der Waals surface area contributed by atoms with Crippen molar-refractivity contribution in [3.8, 4) is 0 Å². The molecule has 1 aromatic rings. The molecule has 0 bridgehead atoms. The molecule has 118 valence electrons. The molecular formula is C11H13F4N3O3. The van der Waals surface area contributed by atoms with E-state index in [1.165, 1.54) is 0 Å². The zero-order valence-electron chi connectivity index (χ0n) is 10.7. The summed E-state index contributed by atoms with van der Waals surface area (Å²) >= 11 is 0. The van der Waals surface area contributed by atoms with E-state index < -0.39 is 43.4 Å². The van der Waals surface area contributed by atoms with Gasteiger partial charge in [-0.3, -0.25) is 8.96 Å². The van der Waals surface area contributed by atoms with Crippen molar-refractivity contribution in [2.75, 3.05) is 19.0 Å². The lowest BCUT2D eigenvalue weighted by molar-refractivity contribution is -0.130. The fraction of sp³-hybridized carbons (Fsp3) is 0.636. The minimum atomic E-state index is -4.04.